The van der Waals surface area contributed by atoms with Crippen molar-refractivity contribution in [1.82, 2.24) is 4.90 Å². The van der Waals surface area contributed by atoms with E-state index >= 15 is 0 Å². The van der Waals surface area contributed by atoms with Crippen LogP contribution in [0.2, 0.25) is 0 Å². The minimum Gasteiger partial charge on any atom is -0.465 e. The Kier molecular flexibility index (Phi) is 2.97. The van der Waals surface area contributed by atoms with Crippen molar-refractivity contribution in [3.8, 4) is 0 Å². The van der Waals surface area contributed by atoms with Gasteiger partial charge >= 0.3 is 6.09 Å². The van der Waals surface area contributed by atoms with Gasteiger partial charge in [-0.2, -0.15) is 0 Å². The quantitative estimate of drug-likeness (QED) is 0.896. The van der Waals surface area contributed by atoms with E-state index in [1.54, 1.807) is 11.1 Å². The van der Waals surface area contributed by atoms with Crippen molar-refractivity contribution >= 4 is 17.7 Å². The molecule has 0 aromatic heterocycles. The molecule has 0 spiro atoms. The van der Waals surface area contributed by atoms with Crippen molar-refractivity contribution in [3.05, 3.63) is 41.6 Å². The number of benzene rings is 1. The van der Waals surface area contributed by atoms with Crippen LogP contribution in [0.4, 0.5) is 10.5 Å². The predicted molar refractivity (Wildman–Crippen MR) is 74.5 cm³/mol. The van der Waals surface area contributed by atoms with Crippen LogP contribution < -0.4 is 4.90 Å². The molecular weight excluding hydrogens is 256 g/mol. The van der Waals surface area contributed by atoms with Crippen molar-refractivity contribution in [2.24, 2.45) is 5.92 Å². The first kappa shape index (κ1) is 12.7. The second-order valence-corrected chi connectivity index (χ2v) is 5.15. The summed E-state index contributed by atoms with van der Waals surface area (Å²) in [6.45, 7) is 2.68. The molecule has 0 bridgehead atoms. The van der Waals surface area contributed by atoms with Crippen molar-refractivity contribution < 1.29 is 14.7 Å². The maximum atomic E-state index is 12.4. The van der Waals surface area contributed by atoms with E-state index in [9.17, 15) is 9.59 Å². The molecule has 2 heterocycles. The number of aryl methyl sites for hydroxylation is 1. The van der Waals surface area contributed by atoms with Gasteiger partial charge in [-0.25, -0.2) is 4.79 Å². The maximum absolute atomic E-state index is 12.4. The summed E-state index contributed by atoms with van der Waals surface area (Å²) < 4.78 is 0. The fourth-order valence-corrected chi connectivity index (χ4v) is 2.74. The second-order valence-electron chi connectivity index (χ2n) is 5.15. The molecular formula is C15H16N2O3. The van der Waals surface area contributed by atoms with Crippen LogP contribution in [0.15, 0.2) is 36.0 Å². The van der Waals surface area contributed by atoms with Gasteiger partial charge in [0.15, 0.2) is 0 Å². The molecule has 5 nitrogen and oxygen atoms in total. The Morgan fingerprint density at radius 2 is 2.05 bits per heavy atom. The molecule has 5 heteroatoms. The fourth-order valence-electron chi connectivity index (χ4n) is 2.74. The highest BCUT2D eigenvalue weighted by Crippen LogP contribution is 2.33. The number of rotatable bonds is 2. The van der Waals surface area contributed by atoms with Gasteiger partial charge in [-0.15, -0.1) is 0 Å². The molecule has 20 heavy (non-hydrogen) atoms. The maximum Gasteiger partial charge on any atom is 0.407 e. The molecule has 0 saturated carbocycles. The summed E-state index contributed by atoms with van der Waals surface area (Å²) in [5.41, 5.74) is 2.96. The van der Waals surface area contributed by atoms with Crippen LogP contribution in [-0.4, -0.2) is 35.1 Å². The van der Waals surface area contributed by atoms with Crippen LogP contribution in [0, 0.1) is 5.92 Å². The zero-order valence-corrected chi connectivity index (χ0v) is 11.2. The normalized spacial score (nSPS) is 21.1. The molecule has 0 unspecified atom stereocenters. The molecule has 0 aliphatic carbocycles. The van der Waals surface area contributed by atoms with Gasteiger partial charge in [0, 0.05) is 25.0 Å². The Hall–Kier alpha value is -2.30. The number of carbonyl (C=O) groups is 2. The summed E-state index contributed by atoms with van der Waals surface area (Å²) in [4.78, 5) is 26.2. The van der Waals surface area contributed by atoms with Gasteiger partial charge in [-0.3, -0.25) is 9.69 Å². The number of nitrogens with zero attached hydrogens (tertiary/aromatic N) is 2. The fraction of sp³-hybridized carbons (Fsp3) is 0.333. The number of carbonyl (C=O) groups excluding carboxylic acids is 1. The standard InChI is InChI=1S/C15H16N2O3/c1-2-10-3-5-12(6-4-10)17-8-11-7-16(15(19)20)9-13(11)14(17)18/h3-6,8,13H,2,7,9H2,1H3,(H,19,20)/t13-/m1/s1. The summed E-state index contributed by atoms with van der Waals surface area (Å²) in [5, 5.41) is 8.97. The van der Waals surface area contributed by atoms with Crippen molar-refractivity contribution in [1.29, 1.82) is 0 Å². The molecule has 2 amide bonds. The average molecular weight is 272 g/mol. The van der Waals surface area contributed by atoms with E-state index in [4.69, 9.17) is 5.11 Å². The van der Waals surface area contributed by atoms with E-state index in [-0.39, 0.29) is 18.4 Å². The van der Waals surface area contributed by atoms with Gasteiger partial charge in [0.25, 0.3) is 0 Å². The van der Waals surface area contributed by atoms with Crippen LogP contribution in [-0.2, 0) is 11.2 Å². The van der Waals surface area contributed by atoms with Gasteiger partial charge in [-0.1, -0.05) is 19.1 Å². The van der Waals surface area contributed by atoms with Gasteiger partial charge in [0.05, 0.1) is 5.92 Å². The summed E-state index contributed by atoms with van der Waals surface area (Å²) in [6.07, 6.45) is 1.79. The lowest BCUT2D eigenvalue weighted by molar-refractivity contribution is -0.119. The van der Waals surface area contributed by atoms with Crippen LogP contribution >= 0.6 is 0 Å². The van der Waals surface area contributed by atoms with Crippen LogP contribution in [0.1, 0.15) is 12.5 Å². The predicted octanol–water partition coefficient (Wildman–Crippen LogP) is 2.09. The summed E-state index contributed by atoms with van der Waals surface area (Å²) in [5.74, 6) is -0.343. The van der Waals surface area contributed by atoms with E-state index in [0.29, 0.717) is 6.54 Å². The first-order valence-corrected chi connectivity index (χ1v) is 6.70. The Morgan fingerprint density at radius 1 is 1.35 bits per heavy atom. The third-order valence-electron chi connectivity index (χ3n) is 3.95. The van der Waals surface area contributed by atoms with Crippen molar-refractivity contribution in [2.75, 3.05) is 18.0 Å². The van der Waals surface area contributed by atoms with E-state index < -0.39 is 6.09 Å². The number of fused-ring (bicyclic) bond motifs is 1. The summed E-state index contributed by atoms with van der Waals surface area (Å²) >= 11 is 0. The smallest absolute Gasteiger partial charge is 0.407 e. The molecule has 1 N–H and O–H groups in total. The van der Waals surface area contributed by atoms with Crippen molar-refractivity contribution in [3.63, 3.8) is 0 Å². The topological polar surface area (TPSA) is 60.9 Å². The number of hydrogen-bond donors (Lipinski definition) is 1. The largest absolute Gasteiger partial charge is 0.465 e. The number of hydrogen-bond acceptors (Lipinski definition) is 2. The molecule has 1 atom stereocenters. The number of carboxylic acid groups (broad SMARTS) is 1. The molecule has 104 valence electrons. The Bertz CT molecular complexity index is 592. The highest BCUT2D eigenvalue weighted by molar-refractivity contribution is 6.02. The third kappa shape index (κ3) is 1.95. The zero-order valence-electron chi connectivity index (χ0n) is 11.2. The van der Waals surface area contributed by atoms with Gasteiger partial charge < -0.3 is 10.0 Å². The molecule has 1 aromatic rings. The van der Waals surface area contributed by atoms with E-state index in [2.05, 4.69) is 6.92 Å². The first-order valence-electron chi connectivity index (χ1n) is 6.70. The molecule has 2 aliphatic heterocycles. The van der Waals surface area contributed by atoms with Crippen LogP contribution in [0.3, 0.4) is 0 Å². The summed E-state index contributed by atoms with van der Waals surface area (Å²) in [7, 11) is 0. The SMILES string of the molecule is CCc1ccc(N2C=C3CN(C(=O)O)C[C@H]3C2=O)cc1. The first-order chi connectivity index (χ1) is 9.60. The lowest BCUT2D eigenvalue weighted by Gasteiger charge is -2.18. The van der Waals surface area contributed by atoms with Gasteiger partial charge in [0.1, 0.15) is 0 Å². The molecule has 2 aliphatic rings. The molecule has 1 saturated heterocycles. The molecule has 1 fully saturated rings. The molecule has 3 rings (SSSR count). The van der Waals surface area contributed by atoms with Crippen LogP contribution in [0.25, 0.3) is 0 Å². The van der Waals surface area contributed by atoms with Crippen molar-refractivity contribution in [2.45, 2.75) is 13.3 Å². The zero-order chi connectivity index (χ0) is 14.3. The Balaban J connectivity index is 1.83. The Labute approximate surface area is 117 Å². The monoisotopic (exact) mass is 272 g/mol. The average Bonchev–Trinajstić information content (AvgIpc) is 2.99. The number of likely N-dealkylation sites (tertiary alicyclic amines) is 1. The van der Waals surface area contributed by atoms with Gasteiger partial charge in [-0.05, 0) is 29.7 Å². The highest BCUT2D eigenvalue weighted by atomic mass is 16.4. The van der Waals surface area contributed by atoms with E-state index in [1.165, 1.54) is 10.5 Å². The third-order valence-corrected chi connectivity index (χ3v) is 3.95. The van der Waals surface area contributed by atoms with E-state index in [1.807, 2.05) is 24.3 Å². The lowest BCUT2D eigenvalue weighted by Crippen LogP contribution is -2.33. The summed E-state index contributed by atoms with van der Waals surface area (Å²) in [6, 6.07) is 7.89. The number of amides is 2. The lowest BCUT2D eigenvalue weighted by atomic mass is 10.1. The Morgan fingerprint density at radius 3 is 2.60 bits per heavy atom. The highest BCUT2D eigenvalue weighted by Gasteiger charge is 2.42. The minimum atomic E-state index is -0.966. The van der Waals surface area contributed by atoms with E-state index in [0.717, 1.165) is 17.7 Å². The second kappa shape index (κ2) is 4.67. The van der Waals surface area contributed by atoms with Crippen LogP contribution in [0.5, 0.6) is 0 Å². The number of anilines is 1. The molecule has 1 aromatic carbocycles. The van der Waals surface area contributed by atoms with Gasteiger partial charge in [0.2, 0.25) is 5.91 Å². The molecule has 0 radical (unpaired) electrons. The minimum absolute atomic E-state index is 0.0343.